The molecular formula is C19H23ClO4. The molecule has 0 spiro atoms. The predicted octanol–water partition coefficient (Wildman–Crippen LogP) is 3.74. The van der Waals surface area contributed by atoms with Crippen LogP contribution in [0.2, 0.25) is 0 Å². The molecule has 0 bridgehead atoms. The Morgan fingerprint density at radius 2 is 1.96 bits per heavy atom. The molecule has 3 rings (SSSR count). The Labute approximate surface area is 147 Å². The molecule has 0 radical (unpaired) electrons. The van der Waals surface area contributed by atoms with Crippen LogP contribution in [0.25, 0.3) is 0 Å². The van der Waals surface area contributed by atoms with E-state index in [0.717, 1.165) is 18.4 Å². The maximum absolute atomic E-state index is 12.9. The van der Waals surface area contributed by atoms with Crippen LogP contribution in [0.4, 0.5) is 0 Å². The molecule has 5 heteroatoms. The third-order valence-electron chi connectivity index (χ3n) is 6.07. The molecule has 1 saturated carbocycles. The van der Waals surface area contributed by atoms with E-state index in [1.54, 1.807) is 19.2 Å². The molecule has 1 fully saturated rings. The summed E-state index contributed by atoms with van der Waals surface area (Å²) in [5.41, 5.74) is 0.433. The van der Waals surface area contributed by atoms with Gasteiger partial charge in [0.25, 0.3) is 0 Å². The van der Waals surface area contributed by atoms with Crippen LogP contribution in [0.1, 0.15) is 49.0 Å². The minimum atomic E-state index is -0.773. The normalized spacial score (nSPS) is 35.0. The summed E-state index contributed by atoms with van der Waals surface area (Å²) >= 11 is 6.63. The molecule has 130 valence electrons. The SMILES string of the molecule is COC(=O)[C@@]1(C)CCC[C@]2(C)c3cc(OC)ccc3C(=O)[C@@H](Cl)[C@@H]12. The standard InChI is InChI=1S/C19H23ClO4/c1-18-8-5-9-19(2,17(22)24-4)16(18)14(20)15(21)12-7-6-11(23-3)10-13(12)18/h6-7,10,14,16H,5,8-9H2,1-4H3/t14-,16-,18-,19+/m1/s1. The van der Waals surface area contributed by atoms with Gasteiger partial charge in [-0.3, -0.25) is 9.59 Å². The Bertz CT molecular complexity index is 701. The number of fused-ring (bicyclic) bond motifs is 3. The molecule has 1 aromatic carbocycles. The fourth-order valence-corrected chi connectivity index (χ4v) is 5.56. The molecule has 0 aromatic heterocycles. The Balaban J connectivity index is 2.23. The zero-order chi connectivity index (χ0) is 17.7. The lowest BCUT2D eigenvalue weighted by atomic mass is 9.49. The number of esters is 1. The first kappa shape index (κ1) is 17.3. The Morgan fingerprint density at radius 3 is 2.58 bits per heavy atom. The van der Waals surface area contributed by atoms with Crippen molar-refractivity contribution in [2.24, 2.45) is 11.3 Å². The van der Waals surface area contributed by atoms with Gasteiger partial charge < -0.3 is 9.47 Å². The molecule has 24 heavy (non-hydrogen) atoms. The van der Waals surface area contributed by atoms with Crippen LogP contribution in [0.5, 0.6) is 5.75 Å². The average molecular weight is 351 g/mol. The number of carbonyl (C=O) groups is 2. The number of halogens is 1. The second kappa shape index (κ2) is 5.76. The van der Waals surface area contributed by atoms with E-state index in [0.29, 0.717) is 17.7 Å². The van der Waals surface area contributed by atoms with E-state index in [1.807, 2.05) is 13.0 Å². The Morgan fingerprint density at radius 1 is 1.25 bits per heavy atom. The van der Waals surface area contributed by atoms with E-state index in [-0.39, 0.29) is 23.1 Å². The van der Waals surface area contributed by atoms with Crippen molar-refractivity contribution >= 4 is 23.4 Å². The lowest BCUT2D eigenvalue weighted by Gasteiger charge is -2.54. The van der Waals surface area contributed by atoms with Gasteiger partial charge in [0.05, 0.1) is 19.6 Å². The van der Waals surface area contributed by atoms with Gasteiger partial charge in [0.2, 0.25) is 0 Å². The summed E-state index contributed by atoms with van der Waals surface area (Å²) in [4.78, 5) is 25.4. The van der Waals surface area contributed by atoms with Gasteiger partial charge in [-0.25, -0.2) is 0 Å². The van der Waals surface area contributed by atoms with E-state index in [1.165, 1.54) is 7.11 Å². The molecule has 0 amide bonds. The lowest BCUT2D eigenvalue weighted by molar-refractivity contribution is -0.160. The van der Waals surface area contributed by atoms with Crippen LogP contribution in [0.15, 0.2) is 18.2 Å². The first-order valence-corrected chi connectivity index (χ1v) is 8.68. The van der Waals surface area contributed by atoms with Crippen molar-refractivity contribution in [1.82, 2.24) is 0 Å². The zero-order valence-electron chi connectivity index (χ0n) is 14.5. The first-order chi connectivity index (χ1) is 11.3. The van der Waals surface area contributed by atoms with Gasteiger partial charge in [0.15, 0.2) is 5.78 Å². The Kier molecular flexibility index (Phi) is 4.15. The highest BCUT2D eigenvalue weighted by atomic mass is 35.5. The molecule has 0 heterocycles. The van der Waals surface area contributed by atoms with Crippen molar-refractivity contribution in [3.05, 3.63) is 29.3 Å². The number of carbonyl (C=O) groups excluding carboxylic acids is 2. The minimum Gasteiger partial charge on any atom is -0.497 e. The van der Waals surface area contributed by atoms with Crippen LogP contribution >= 0.6 is 11.6 Å². The van der Waals surface area contributed by atoms with Gasteiger partial charge in [-0.15, -0.1) is 11.6 Å². The third kappa shape index (κ3) is 2.19. The van der Waals surface area contributed by atoms with Crippen LogP contribution < -0.4 is 4.74 Å². The number of hydrogen-bond acceptors (Lipinski definition) is 4. The van der Waals surface area contributed by atoms with Crippen LogP contribution in [-0.2, 0) is 14.9 Å². The number of methoxy groups -OCH3 is 2. The second-order valence-corrected chi connectivity index (χ2v) is 7.81. The summed E-state index contributed by atoms with van der Waals surface area (Å²) in [6.45, 7) is 3.99. The largest absolute Gasteiger partial charge is 0.497 e. The van der Waals surface area contributed by atoms with Crippen LogP contribution in [0.3, 0.4) is 0 Å². The van der Waals surface area contributed by atoms with Crippen LogP contribution in [0, 0.1) is 11.3 Å². The van der Waals surface area contributed by atoms with Crippen molar-refractivity contribution in [2.75, 3.05) is 14.2 Å². The summed E-state index contributed by atoms with van der Waals surface area (Å²) in [7, 11) is 3.00. The molecule has 0 saturated heterocycles. The van der Waals surface area contributed by atoms with Gasteiger partial charge in [0.1, 0.15) is 11.1 Å². The van der Waals surface area contributed by atoms with Crippen molar-refractivity contribution in [1.29, 1.82) is 0 Å². The third-order valence-corrected chi connectivity index (χ3v) is 6.52. The minimum absolute atomic E-state index is 0.117. The van der Waals surface area contributed by atoms with Gasteiger partial charge in [0, 0.05) is 11.5 Å². The predicted molar refractivity (Wildman–Crippen MR) is 91.8 cm³/mol. The smallest absolute Gasteiger partial charge is 0.311 e. The topological polar surface area (TPSA) is 52.6 Å². The van der Waals surface area contributed by atoms with Crippen LogP contribution in [-0.4, -0.2) is 31.3 Å². The highest BCUT2D eigenvalue weighted by molar-refractivity contribution is 6.35. The van der Waals surface area contributed by atoms with Crippen molar-refractivity contribution < 1.29 is 19.1 Å². The summed E-state index contributed by atoms with van der Waals surface area (Å²) in [6, 6.07) is 5.50. The molecular weight excluding hydrogens is 328 g/mol. The molecule has 2 aliphatic rings. The zero-order valence-corrected chi connectivity index (χ0v) is 15.3. The number of rotatable bonds is 2. The summed E-state index contributed by atoms with van der Waals surface area (Å²) in [6.07, 6.45) is 2.43. The maximum atomic E-state index is 12.9. The van der Waals surface area contributed by atoms with Crippen molar-refractivity contribution in [2.45, 2.75) is 43.9 Å². The molecule has 0 unspecified atom stereocenters. The number of Topliss-reactive ketones (excluding diaryl/α,β-unsaturated/α-hetero) is 1. The number of benzene rings is 1. The molecule has 2 aliphatic carbocycles. The molecule has 0 N–H and O–H groups in total. The summed E-state index contributed by atoms with van der Waals surface area (Å²) in [5.74, 6) is -0.00286. The molecule has 1 aromatic rings. The molecule has 4 atom stereocenters. The average Bonchev–Trinajstić information content (AvgIpc) is 2.58. The van der Waals surface area contributed by atoms with Crippen molar-refractivity contribution in [3.63, 3.8) is 0 Å². The number of ketones is 1. The highest BCUT2D eigenvalue weighted by Gasteiger charge is 2.61. The van der Waals surface area contributed by atoms with E-state index in [2.05, 4.69) is 6.92 Å². The van der Waals surface area contributed by atoms with E-state index in [4.69, 9.17) is 21.1 Å². The van der Waals surface area contributed by atoms with E-state index >= 15 is 0 Å². The first-order valence-electron chi connectivity index (χ1n) is 8.25. The maximum Gasteiger partial charge on any atom is 0.311 e. The van der Waals surface area contributed by atoms with Crippen molar-refractivity contribution in [3.8, 4) is 5.75 Å². The van der Waals surface area contributed by atoms with Gasteiger partial charge in [-0.2, -0.15) is 0 Å². The lowest BCUT2D eigenvalue weighted by Crippen LogP contribution is -2.58. The van der Waals surface area contributed by atoms with Gasteiger partial charge >= 0.3 is 5.97 Å². The number of alkyl halides is 1. The monoisotopic (exact) mass is 350 g/mol. The van der Waals surface area contributed by atoms with E-state index < -0.39 is 10.8 Å². The highest BCUT2D eigenvalue weighted by Crippen LogP contribution is 2.59. The quantitative estimate of drug-likeness (QED) is 0.602. The van der Waals surface area contributed by atoms with Gasteiger partial charge in [-0.05, 0) is 48.9 Å². The number of hydrogen-bond donors (Lipinski definition) is 0. The van der Waals surface area contributed by atoms with Gasteiger partial charge in [-0.1, -0.05) is 13.3 Å². The molecule has 4 nitrogen and oxygen atoms in total. The summed E-state index contributed by atoms with van der Waals surface area (Å²) < 4.78 is 10.4. The molecule has 0 aliphatic heterocycles. The van der Waals surface area contributed by atoms with E-state index in [9.17, 15) is 9.59 Å². The second-order valence-electron chi connectivity index (χ2n) is 7.34. The fraction of sp³-hybridized carbons (Fsp3) is 0.579. The Hall–Kier alpha value is -1.55. The number of ether oxygens (including phenoxy) is 2. The summed E-state index contributed by atoms with van der Waals surface area (Å²) in [5, 5.41) is -0.736. The fourth-order valence-electron chi connectivity index (χ4n) is 4.88.